The summed E-state index contributed by atoms with van der Waals surface area (Å²) in [6.45, 7) is 0.659. The molecule has 0 aromatic heterocycles. The van der Waals surface area contributed by atoms with Crippen LogP contribution < -0.4 is 5.23 Å². The maximum absolute atomic E-state index is 13.1. The number of halogens is 1. The lowest BCUT2D eigenvalue weighted by Gasteiger charge is -2.14. The topological polar surface area (TPSA) is 6.48 Å². The quantitative estimate of drug-likeness (QED) is 0.522. The van der Waals surface area contributed by atoms with E-state index in [9.17, 15) is 4.48 Å². The van der Waals surface area contributed by atoms with Gasteiger partial charge in [-0.25, -0.2) is 0 Å². The molecule has 0 saturated carbocycles. The van der Waals surface area contributed by atoms with Gasteiger partial charge in [-0.15, -0.1) is 5.23 Å². The van der Waals surface area contributed by atoms with Gasteiger partial charge in [0.15, 0.2) is 0 Å². The predicted octanol–water partition coefficient (Wildman–Crippen LogP) is 1.74. The summed E-state index contributed by atoms with van der Waals surface area (Å²) in [5, 5.41) is 2.21. The van der Waals surface area contributed by atoms with Crippen LogP contribution in [-0.4, -0.2) is 12.1 Å². The second kappa shape index (κ2) is 2.20. The maximum Gasteiger partial charge on any atom is 0.0923 e. The molecule has 0 N–H and O–H groups in total. The Balaban J connectivity index is 2.47. The SMILES string of the molecule is CN1Cc2ccccc2N1F. The molecule has 0 atom stereocenters. The van der Waals surface area contributed by atoms with Gasteiger partial charge in [0.05, 0.1) is 5.69 Å². The third kappa shape index (κ3) is 0.886. The zero-order chi connectivity index (χ0) is 7.84. The van der Waals surface area contributed by atoms with E-state index in [1.807, 2.05) is 18.2 Å². The number of fused-ring (bicyclic) bond motifs is 1. The minimum Gasteiger partial charge on any atom is -0.191 e. The Morgan fingerprint density at radius 1 is 1.36 bits per heavy atom. The summed E-state index contributed by atoms with van der Waals surface area (Å²) in [5.74, 6) is 0. The van der Waals surface area contributed by atoms with Crippen molar-refractivity contribution >= 4 is 5.69 Å². The fourth-order valence-corrected chi connectivity index (χ4v) is 1.32. The number of nitrogens with zero attached hydrogens (tertiary/aromatic N) is 2. The van der Waals surface area contributed by atoms with Crippen molar-refractivity contribution < 1.29 is 4.48 Å². The van der Waals surface area contributed by atoms with Crippen molar-refractivity contribution in [3.05, 3.63) is 29.8 Å². The van der Waals surface area contributed by atoms with Gasteiger partial charge in [-0.2, -0.15) is 5.01 Å². The van der Waals surface area contributed by atoms with Gasteiger partial charge in [-0.1, -0.05) is 22.7 Å². The van der Waals surface area contributed by atoms with Crippen molar-refractivity contribution in [2.75, 3.05) is 12.3 Å². The van der Waals surface area contributed by atoms with Crippen LogP contribution in [0, 0.1) is 0 Å². The van der Waals surface area contributed by atoms with E-state index < -0.39 is 0 Å². The molecule has 2 rings (SSSR count). The molecule has 0 amide bonds. The van der Waals surface area contributed by atoms with Crippen LogP contribution in [-0.2, 0) is 6.54 Å². The molecule has 3 heteroatoms. The van der Waals surface area contributed by atoms with Gasteiger partial charge in [0, 0.05) is 13.6 Å². The van der Waals surface area contributed by atoms with Crippen molar-refractivity contribution in [2.24, 2.45) is 0 Å². The number of hydrogen-bond donors (Lipinski definition) is 0. The Bertz CT molecular complexity index is 275. The highest BCUT2D eigenvalue weighted by atomic mass is 19.2. The summed E-state index contributed by atoms with van der Waals surface area (Å²) in [6, 6.07) is 7.47. The molecular formula is C8H9FN2. The van der Waals surface area contributed by atoms with Crippen LogP contribution in [0.4, 0.5) is 10.2 Å². The summed E-state index contributed by atoms with van der Waals surface area (Å²) < 4.78 is 13.1. The van der Waals surface area contributed by atoms with Crippen molar-refractivity contribution in [2.45, 2.75) is 6.54 Å². The van der Waals surface area contributed by atoms with E-state index in [4.69, 9.17) is 0 Å². The summed E-state index contributed by atoms with van der Waals surface area (Å²) in [4.78, 5) is 0. The first-order chi connectivity index (χ1) is 5.29. The molecular weight excluding hydrogens is 143 g/mol. The Hall–Kier alpha value is -1.09. The lowest BCUT2D eigenvalue weighted by molar-refractivity contribution is 0.193. The fourth-order valence-electron chi connectivity index (χ4n) is 1.32. The van der Waals surface area contributed by atoms with Crippen LogP contribution >= 0.6 is 0 Å². The summed E-state index contributed by atoms with van der Waals surface area (Å²) >= 11 is 0. The minimum absolute atomic E-state index is 0.659. The molecule has 0 saturated heterocycles. The predicted molar refractivity (Wildman–Crippen MR) is 41.5 cm³/mol. The van der Waals surface area contributed by atoms with E-state index in [1.165, 1.54) is 5.01 Å². The lowest BCUT2D eigenvalue weighted by Crippen LogP contribution is -2.25. The standard InChI is InChI=1S/C8H9FN2/c1-10-6-7-4-2-3-5-8(7)11(10)9/h2-5H,6H2,1H3. The van der Waals surface area contributed by atoms with Crippen molar-refractivity contribution in [1.82, 2.24) is 5.01 Å². The van der Waals surface area contributed by atoms with Crippen molar-refractivity contribution in [1.29, 1.82) is 0 Å². The number of benzene rings is 1. The second-order valence-corrected chi connectivity index (χ2v) is 2.70. The van der Waals surface area contributed by atoms with E-state index in [2.05, 4.69) is 0 Å². The molecule has 11 heavy (non-hydrogen) atoms. The molecule has 0 aliphatic carbocycles. The highest BCUT2D eigenvalue weighted by Gasteiger charge is 2.22. The smallest absolute Gasteiger partial charge is 0.0923 e. The molecule has 1 aliphatic rings. The van der Waals surface area contributed by atoms with Crippen LogP contribution in [0.5, 0.6) is 0 Å². The molecule has 1 aliphatic heterocycles. The normalized spacial score (nSPS) is 17.1. The van der Waals surface area contributed by atoms with Crippen molar-refractivity contribution in [3.8, 4) is 0 Å². The van der Waals surface area contributed by atoms with Gasteiger partial charge >= 0.3 is 0 Å². The van der Waals surface area contributed by atoms with Gasteiger partial charge < -0.3 is 0 Å². The summed E-state index contributed by atoms with van der Waals surface area (Å²) in [6.07, 6.45) is 0. The molecule has 0 bridgehead atoms. The molecule has 1 aromatic rings. The molecule has 1 heterocycles. The Morgan fingerprint density at radius 3 is 2.82 bits per heavy atom. The number of hydrazine groups is 1. The van der Waals surface area contributed by atoms with E-state index in [-0.39, 0.29) is 0 Å². The zero-order valence-corrected chi connectivity index (χ0v) is 6.29. The Kier molecular flexibility index (Phi) is 1.32. The number of rotatable bonds is 0. The van der Waals surface area contributed by atoms with Gasteiger partial charge in [0.1, 0.15) is 0 Å². The largest absolute Gasteiger partial charge is 0.191 e. The third-order valence-corrected chi connectivity index (χ3v) is 1.89. The number of anilines is 1. The third-order valence-electron chi connectivity index (χ3n) is 1.89. The highest BCUT2D eigenvalue weighted by molar-refractivity contribution is 5.53. The van der Waals surface area contributed by atoms with E-state index in [0.29, 0.717) is 17.5 Å². The lowest BCUT2D eigenvalue weighted by atomic mass is 10.2. The van der Waals surface area contributed by atoms with Gasteiger partial charge in [0.2, 0.25) is 0 Å². The van der Waals surface area contributed by atoms with Crippen molar-refractivity contribution in [3.63, 3.8) is 0 Å². The molecule has 1 aromatic carbocycles. The fraction of sp³-hybridized carbons (Fsp3) is 0.250. The highest BCUT2D eigenvalue weighted by Crippen LogP contribution is 2.29. The Morgan fingerprint density at radius 2 is 2.09 bits per heavy atom. The van der Waals surface area contributed by atoms with Crippen LogP contribution in [0.2, 0.25) is 0 Å². The van der Waals surface area contributed by atoms with E-state index >= 15 is 0 Å². The first-order valence-corrected chi connectivity index (χ1v) is 3.54. The van der Waals surface area contributed by atoms with Crippen LogP contribution in [0.3, 0.4) is 0 Å². The Labute approximate surface area is 64.7 Å². The molecule has 0 unspecified atom stereocenters. The van der Waals surface area contributed by atoms with Crippen LogP contribution in [0.15, 0.2) is 24.3 Å². The summed E-state index contributed by atoms with van der Waals surface area (Å²) in [5.41, 5.74) is 1.70. The van der Waals surface area contributed by atoms with Crippen LogP contribution in [0.1, 0.15) is 5.56 Å². The maximum atomic E-state index is 13.1. The molecule has 0 fully saturated rings. The molecule has 58 valence electrons. The average Bonchev–Trinajstić information content (AvgIpc) is 2.30. The monoisotopic (exact) mass is 152 g/mol. The van der Waals surface area contributed by atoms with Gasteiger partial charge in [-0.05, 0) is 11.6 Å². The summed E-state index contributed by atoms with van der Waals surface area (Å²) in [7, 11) is 1.72. The second-order valence-electron chi connectivity index (χ2n) is 2.70. The van der Waals surface area contributed by atoms with Gasteiger partial charge in [-0.3, -0.25) is 0 Å². The number of para-hydroxylation sites is 1. The molecule has 0 spiro atoms. The zero-order valence-electron chi connectivity index (χ0n) is 6.29. The average molecular weight is 152 g/mol. The van der Waals surface area contributed by atoms with E-state index in [1.54, 1.807) is 13.1 Å². The van der Waals surface area contributed by atoms with Gasteiger partial charge in [0.25, 0.3) is 0 Å². The molecule has 0 radical (unpaired) electrons. The number of hydrogen-bond acceptors (Lipinski definition) is 2. The first kappa shape index (κ1) is 6.61. The minimum atomic E-state index is 0.659. The van der Waals surface area contributed by atoms with E-state index in [0.717, 1.165) is 5.56 Å². The van der Waals surface area contributed by atoms with Crippen LogP contribution in [0.25, 0.3) is 0 Å². The molecule has 2 nitrogen and oxygen atoms in total. The first-order valence-electron chi connectivity index (χ1n) is 3.54.